The molecule has 1 aromatic heterocycles. The van der Waals surface area contributed by atoms with Crippen molar-refractivity contribution in [2.45, 2.75) is 40.2 Å². The van der Waals surface area contributed by atoms with Crippen molar-refractivity contribution in [3.05, 3.63) is 17.7 Å². The quantitative estimate of drug-likeness (QED) is 0.645. The van der Waals surface area contributed by atoms with E-state index in [4.69, 9.17) is 0 Å². The molecule has 13 heavy (non-hydrogen) atoms. The third kappa shape index (κ3) is 1.62. The van der Waals surface area contributed by atoms with E-state index in [0.717, 1.165) is 11.8 Å². The molecule has 0 spiro atoms. The van der Waals surface area contributed by atoms with Gasteiger partial charge < -0.3 is 4.57 Å². The maximum Gasteiger partial charge on any atom is 0.109 e. The van der Waals surface area contributed by atoms with Crippen LogP contribution in [0.25, 0.3) is 0 Å². The summed E-state index contributed by atoms with van der Waals surface area (Å²) >= 11 is 0. The topological polar surface area (TPSA) is 17.8 Å². The van der Waals surface area contributed by atoms with Crippen LogP contribution in [0.3, 0.4) is 0 Å². The van der Waals surface area contributed by atoms with Crippen molar-refractivity contribution in [1.82, 2.24) is 9.55 Å². The monoisotopic (exact) mass is 178 g/mol. The van der Waals surface area contributed by atoms with Crippen molar-refractivity contribution < 1.29 is 0 Å². The predicted octanol–water partition coefficient (Wildman–Crippen LogP) is 2.41. The van der Waals surface area contributed by atoms with E-state index in [0.29, 0.717) is 0 Å². The SMILES string of the molecule is Cc1cn2c(n1)C[C@@H](C(C)C)CC2. The first-order valence-electron chi connectivity index (χ1n) is 5.19. The maximum atomic E-state index is 4.55. The molecule has 2 heteroatoms. The van der Waals surface area contributed by atoms with E-state index in [1.54, 1.807) is 0 Å². The lowest BCUT2D eigenvalue weighted by Gasteiger charge is -2.26. The summed E-state index contributed by atoms with van der Waals surface area (Å²) < 4.78 is 2.31. The van der Waals surface area contributed by atoms with Crippen molar-refractivity contribution in [3.63, 3.8) is 0 Å². The van der Waals surface area contributed by atoms with Gasteiger partial charge in [0, 0.05) is 19.2 Å². The number of aromatic nitrogens is 2. The highest BCUT2D eigenvalue weighted by molar-refractivity contribution is 5.05. The van der Waals surface area contributed by atoms with Crippen molar-refractivity contribution >= 4 is 0 Å². The lowest BCUT2D eigenvalue weighted by Crippen LogP contribution is -2.22. The Balaban J connectivity index is 2.19. The Bertz CT molecular complexity index is 299. The molecular weight excluding hydrogens is 160 g/mol. The van der Waals surface area contributed by atoms with Gasteiger partial charge in [-0.25, -0.2) is 4.98 Å². The number of rotatable bonds is 1. The Morgan fingerprint density at radius 1 is 1.54 bits per heavy atom. The highest BCUT2D eigenvalue weighted by Crippen LogP contribution is 2.25. The average Bonchev–Trinajstić information content (AvgIpc) is 2.42. The third-order valence-corrected chi connectivity index (χ3v) is 3.11. The first-order valence-corrected chi connectivity index (χ1v) is 5.19. The van der Waals surface area contributed by atoms with Crippen molar-refractivity contribution in [2.24, 2.45) is 11.8 Å². The minimum atomic E-state index is 0.797. The second-order valence-corrected chi connectivity index (χ2v) is 4.49. The zero-order valence-corrected chi connectivity index (χ0v) is 8.75. The highest BCUT2D eigenvalue weighted by Gasteiger charge is 2.21. The Kier molecular flexibility index (Phi) is 2.14. The van der Waals surface area contributed by atoms with Gasteiger partial charge in [0.25, 0.3) is 0 Å². The molecule has 2 heterocycles. The number of hydrogen-bond acceptors (Lipinski definition) is 1. The molecule has 2 nitrogen and oxygen atoms in total. The minimum Gasteiger partial charge on any atom is -0.335 e. The first kappa shape index (κ1) is 8.79. The van der Waals surface area contributed by atoms with Gasteiger partial charge in [0.2, 0.25) is 0 Å². The normalized spacial score (nSPS) is 22.0. The Morgan fingerprint density at radius 3 is 3.00 bits per heavy atom. The van der Waals surface area contributed by atoms with Crippen LogP contribution in [0.5, 0.6) is 0 Å². The van der Waals surface area contributed by atoms with Gasteiger partial charge in [-0.15, -0.1) is 0 Å². The summed E-state index contributed by atoms with van der Waals surface area (Å²) in [5, 5.41) is 0. The van der Waals surface area contributed by atoms with Crippen LogP contribution in [0, 0.1) is 18.8 Å². The van der Waals surface area contributed by atoms with Gasteiger partial charge >= 0.3 is 0 Å². The fourth-order valence-electron chi connectivity index (χ4n) is 2.16. The largest absolute Gasteiger partial charge is 0.335 e. The second kappa shape index (κ2) is 3.17. The molecule has 0 radical (unpaired) electrons. The second-order valence-electron chi connectivity index (χ2n) is 4.49. The summed E-state index contributed by atoms with van der Waals surface area (Å²) in [5.41, 5.74) is 1.17. The number of nitrogens with zero attached hydrogens (tertiary/aromatic N) is 2. The summed E-state index contributed by atoms with van der Waals surface area (Å²) in [6.07, 6.45) is 4.66. The van der Waals surface area contributed by atoms with Crippen LogP contribution in [-0.2, 0) is 13.0 Å². The Hall–Kier alpha value is -0.790. The van der Waals surface area contributed by atoms with Gasteiger partial charge in [0.15, 0.2) is 0 Å². The number of aryl methyl sites for hydroxylation is 2. The van der Waals surface area contributed by atoms with Crippen LogP contribution in [0.1, 0.15) is 31.8 Å². The lowest BCUT2D eigenvalue weighted by atomic mass is 9.87. The smallest absolute Gasteiger partial charge is 0.109 e. The van der Waals surface area contributed by atoms with Gasteiger partial charge in [0.05, 0.1) is 5.69 Å². The van der Waals surface area contributed by atoms with Crippen LogP contribution in [0.15, 0.2) is 6.20 Å². The number of imidazole rings is 1. The molecular formula is C11H18N2. The summed E-state index contributed by atoms with van der Waals surface area (Å²) in [6, 6.07) is 0. The molecule has 0 saturated heterocycles. The van der Waals surface area contributed by atoms with Crippen LogP contribution in [0.2, 0.25) is 0 Å². The molecule has 2 rings (SSSR count). The van der Waals surface area contributed by atoms with Crippen LogP contribution in [-0.4, -0.2) is 9.55 Å². The van der Waals surface area contributed by atoms with E-state index in [9.17, 15) is 0 Å². The fourth-order valence-corrected chi connectivity index (χ4v) is 2.16. The molecule has 1 aromatic rings. The zero-order valence-electron chi connectivity index (χ0n) is 8.75. The predicted molar refractivity (Wildman–Crippen MR) is 53.6 cm³/mol. The van der Waals surface area contributed by atoms with Crippen molar-refractivity contribution in [2.75, 3.05) is 0 Å². The molecule has 1 atom stereocenters. The number of hydrogen-bond donors (Lipinski definition) is 0. The van der Waals surface area contributed by atoms with Crippen molar-refractivity contribution in [1.29, 1.82) is 0 Å². The van der Waals surface area contributed by atoms with Gasteiger partial charge in [-0.05, 0) is 25.2 Å². The molecule has 0 saturated carbocycles. The summed E-state index contributed by atoms with van der Waals surface area (Å²) in [5.74, 6) is 2.93. The first-order chi connectivity index (χ1) is 6.16. The van der Waals surface area contributed by atoms with Gasteiger partial charge in [0.1, 0.15) is 5.82 Å². The lowest BCUT2D eigenvalue weighted by molar-refractivity contribution is 0.298. The van der Waals surface area contributed by atoms with E-state index in [1.165, 1.54) is 30.9 Å². The molecule has 72 valence electrons. The van der Waals surface area contributed by atoms with Gasteiger partial charge in [-0.3, -0.25) is 0 Å². The molecule has 1 aliphatic rings. The van der Waals surface area contributed by atoms with E-state index >= 15 is 0 Å². The molecule has 1 aliphatic heterocycles. The zero-order chi connectivity index (χ0) is 9.42. The molecule has 0 amide bonds. The minimum absolute atomic E-state index is 0.797. The van der Waals surface area contributed by atoms with Crippen molar-refractivity contribution in [3.8, 4) is 0 Å². The highest BCUT2D eigenvalue weighted by atomic mass is 15.1. The molecule has 0 bridgehead atoms. The van der Waals surface area contributed by atoms with E-state index in [1.807, 2.05) is 0 Å². The summed E-state index contributed by atoms with van der Waals surface area (Å²) in [7, 11) is 0. The van der Waals surface area contributed by atoms with E-state index < -0.39 is 0 Å². The average molecular weight is 178 g/mol. The summed E-state index contributed by atoms with van der Waals surface area (Å²) in [4.78, 5) is 4.55. The number of fused-ring (bicyclic) bond motifs is 1. The molecule has 0 aromatic carbocycles. The molecule has 0 fully saturated rings. The van der Waals surface area contributed by atoms with E-state index in [2.05, 4.69) is 36.5 Å². The molecule has 0 unspecified atom stereocenters. The van der Waals surface area contributed by atoms with Gasteiger partial charge in [-0.2, -0.15) is 0 Å². The Morgan fingerprint density at radius 2 is 2.31 bits per heavy atom. The molecule has 0 N–H and O–H groups in total. The van der Waals surface area contributed by atoms with Crippen LogP contribution in [0.4, 0.5) is 0 Å². The fraction of sp³-hybridized carbons (Fsp3) is 0.727. The third-order valence-electron chi connectivity index (χ3n) is 3.11. The maximum absolute atomic E-state index is 4.55. The summed E-state index contributed by atoms with van der Waals surface area (Å²) in [6.45, 7) is 7.88. The standard InChI is InChI=1S/C11H18N2/c1-8(2)10-4-5-13-7-9(3)12-11(13)6-10/h7-8,10H,4-6H2,1-3H3/t10-/m0/s1. The van der Waals surface area contributed by atoms with Crippen LogP contribution < -0.4 is 0 Å². The molecule has 0 aliphatic carbocycles. The van der Waals surface area contributed by atoms with Gasteiger partial charge in [-0.1, -0.05) is 13.8 Å². The van der Waals surface area contributed by atoms with Crippen LogP contribution >= 0.6 is 0 Å². The van der Waals surface area contributed by atoms with E-state index in [-0.39, 0.29) is 0 Å². The Labute approximate surface area is 80.0 Å².